The molecule has 1 rings (SSSR count). The van der Waals surface area contributed by atoms with Gasteiger partial charge >= 0.3 is 0 Å². The van der Waals surface area contributed by atoms with Crippen molar-refractivity contribution in [3.8, 4) is 0 Å². The first-order valence-corrected chi connectivity index (χ1v) is 5.68. The van der Waals surface area contributed by atoms with Crippen LogP contribution in [0, 0.1) is 6.92 Å². The van der Waals surface area contributed by atoms with Gasteiger partial charge in [-0.3, -0.25) is 4.79 Å². The summed E-state index contributed by atoms with van der Waals surface area (Å²) in [5.41, 5.74) is 5.60. The summed E-state index contributed by atoms with van der Waals surface area (Å²) >= 11 is 0. The maximum atomic E-state index is 11.1. The van der Waals surface area contributed by atoms with E-state index in [1.165, 1.54) is 12.1 Å². The van der Waals surface area contributed by atoms with Gasteiger partial charge in [0, 0.05) is 6.26 Å². The molecule has 0 aliphatic heterocycles. The van der Waals surface area contributed by atoms with Crippen LogP contribution in [0.25, 0.3) is 0 Å². The molecular weight excluding hydrogens is 204 g/mol. The van der Waals surface area contributed by atoms with Crippen LogP contribution >= 0.6 is 0 Å². The second-order valence-electron chi connectivity index (χ2n) is 3.00. The summed E-state index contributed by atoms with van der Waals surface area (Å²) < 4.78 is 22.3. The average molecular weight is 214 g/mol. The van der Waals surface area contributed by atoms with Crippen LogP contribution in [-0.2, 0) is 9.84 Å². The number of rotatable bonds is 2. The van der Waals surface area contributed by atoms with E-state index < -0.39 is 15.7 Å². The summed E-state index contributed by atoms with van der Waals surface area (Å²) in [6.45, 7) is 1.67. The van der Waals surface area contributed by atoms with Gasteiger partial charge in [-0.05, 0) is 24.6 Å². The number of carbonyl (C=O) groups is 1. The van der Waals surface area contributed by atoms with Crippen molar-refractivity contribution in [2.24, 2.45) is 5.73 Å². The van der Waals surface area contributed by atoms with Gasteiger partial charge in [0.05, 0.1) is 0 Å². The lowest BCUT2D eigenvalue weighted by Gasteiger charge is -2.01. The van der Waals surface area contributed by atoms with E-state index in [9.17, 15) is 13.2 Å². The molecule has 1 amide bonds. The minimum absolute atomic E-state index is 0.0366. The second kappa shape index (κ2) is 3.38. The summed E-state index contributed by atoms with van der Waals surface area (Å²) in [7, 11) is -3.40. The number of pyridine rings is 1. The van der Waals surface area contributed by atoms with Gasteiger partial charge in [-0.25, -0.2) is 13.4 Å². The highest BCUT2D eigenvalue weighted by Gasteiger charge is 2.12. The third kappa shape index (κ3) is 2.29. The summed E-state index contributed by atoms with van der Waals surface area (Å²) in [5.74, 6) is -0.737. The minimum atomic E-state index is -3.40. The summed E-state index contributed by atoms with van der Waals surface area (Å²) in [4.78, 5) is 14.4. The van der Waals surface area contributed by atoms with Crippen LogP contribution in [0.2, 0.25) is 0 Å². The van der Waals surface area contributed by atoms with E-state index in [2.05, 4.69) is 4.98 Å². The van der Waals surface area contributed by atoms with Crippen molar-refractivity contribution in [1.29, 1.82) is 0 Å². The molecule has 0 radical (unpaired) electrons. The Bertz CT molecular complexity index is 479. The lowest BCUT2D eigenvalue weighted by molar-refractivity contribution is 0.0995. The predicted octanol–water partition coefficient (Wildman–Crippen LogP) is -0.108. The van der Waals surface area contributed by atoms with Crippen LogP contribution in [0.5, 0.6) is 0 Å². The van der Waals surface area contributed by atoms with Crippen molar-refractivity contribution < 1.29 is 13.2 Å². The van der Waals surface area contributed by atoms with E-state index in [-0.39, 0.29) is 10.7 Å². The highest BCUT2D eigenvalue weighted by molar-refractivity contribution is 7.90. The molecule has 1 aromatic rings. The maximum Gasteiger partial charge on any atom is 0.267 e. The number of hydrogen-bond donors (Lipinski definition) is 1. The third-order valence-electron chi connectivity index (χ3n) is 1.58. The fourth-order valence-electron chi connectivity index (χ4n) is 0.952. The van der Waals surface area contributed by atoms with Crippen LogP contribution in [0.1, 0.15) is 16.1 Å². The van der Waals surface area contributed by atoms with Gasteiger partial charge in [-0.15, -0.1) is 0 Å². The van der Waals surface area contributed by atoms with Crippen LogP contribution < -0.4 is 5.73 Å². The predicted molar refractivity (Wildman–Crippen MR) is 50.6 cm³/mol. The first-order chi connectivity index (χ1) is 6.30. The first kappa shape index (κ1) is 10.6. The van der Waals surface area contributed by atoms with E-state index in [1.807, 2.05) is 0 Å². The number of nitrogens with zero attached hydrogens (tertiary/aromatic N) is 1. The van der Waals surface area contributed by atoms with Crippen molar-refractivity contribution in [1.82, 2.24) is 4.98 Å². The highest BCUT2D eigenvalue weighted by Crippen LogP contribution is 2.09. The van der Waals surface area contributed by atoms with E-state index >= 15 is 0 Å². The van der Waals surface area contributed by atoms with Gasteiger partial charge in [0.1, 0.15) is 5.69 Å². The molecule has 5 nitrogen and oxygen atoms in total. The SMILES string of the molecule is Cc1cc(C(N)=O)nc(S(C)(=O)=O)c1. The minimum Gasteiger partial charge on any atom is -0.364 e. The molecule has 0 aromatic carbocycles. The molecule has 0 saturated carbocycles. The van der Waals surface area contributed by atoms with E-state index in [0.29, 0.717) is 5.56 Å². The molecule has 0 fully saturated rings. The van der Waals surface area contributed by atoms with Gasteiger partial charge in [0.25, 0.3) is 5.91 Å². The quantitative estimate of drug-likeness (QED) is 0.743. The average Bonchev–Trinajstić information content (AvgIpc) is 2.01. The highest BCUT2D eigenvalue weighted by atomic mass is 32.2. The van der Waals surface area contributed by atoms with Crippen molar-refractivity contribution >= 4 is 15.7 Å². The number of aryl methyl sites for hydroxylation is 1. The molecule has 6 heteroatoms. The monoisotopic (exact) mass is 214 g/mol. The van der Waals surface area contributed by atoms with Crippen LogP contribution in [0.4, 0.5) is 0 Å². The Labute approximate surface area is 81.9 Å². The zero-order chi connectivity index (χ0) is 10.9. The van der Waals surface area contributed by atoms with E-state index in [0.717, 1.165) is 6.26 Å². The molecule has 1 aromatic heterocycles. The number of sulfone groups is 1. The molecule has 0 unspecified atom stereocenters. The fourth-order valence-corrected chi connectivity index (χ4v) is 1.62. The smallest absolute Gasteiger partial charge is 0.267 e. The molecule has 0 aliphatic rings. The standard InChI is InChI=1S/C8H10N2O3S/c1-5-3-6(8(9)11)10-7(4-5)14(2,12)13/h3-4H,1-2H3,(H2,9,11). The third-order valence-corrected chi connectivity index (χ3v) is 2.55. The van der Waals surface area contributed by atoms with Crippen molar-refractivity contribution in [3.05, 3.63) is 23.4 Å². The first-order valence-electron chi connectivity index (χ1n) is 3.79. The fraction of sp³-hybridized carbons (Fsp3) is 0.250. The van der Waals surface area contributed by atoms with Gasteiger partial charge in [-0.1, -0.05) is 0 Å². The number of nitrogens with two attached hydrogens (primary N) is 1. The molecule has 0 aliphatic carbocycles. The summed E-state index contributed by atoms with van der Waals surface area (Å²) in [6.07, 6.45) is 1.03. The van der Waals surface area contributed by atoms with Crippen LogP contribution in [-0.4, -0.2) is 25.6 Å². The summed E-state index contributed by atoms with van der Waals surface area (Å²) in [6, 6.07) is 2.83. The van der Waals surface area contributed by atoms with E-state index in [4.69, 9.17) is 5.73 Å². The molecule has 76 valence electrons. The Balaban J connectivity index is 3.43. The Hall–Kier alpha value is -1.43. The number of aromatic nitrogens is 1. The zero-order valence-electron chi connectivity index (χ0n) is 7.81. The number of carbonyl (C=O) groups excluding carboxylic acids is 1. The topological polar surface area (TPSA) is 90.1 Å². The number of primary amides is 1. The summed E-state index contributed by atoms with van der Waals surface area (Å²) in [5, 5.41) is -0.133. The van der Waals surface area contributed by atoms with E-state index in [1.54, 1.807) is 6.92 Å². The van der Waals surface area contributed by atoms with Gasteiger partial charge in [0.15, 0.2) is 14.9 Å². The molecule has 0 saturated heterocycles. The molecular formula is C8H10N2O3S. The maximum absolute atomic E-state index is 11.1. The lowest BCUT2D eigenvalue weighted by atomic mass is 10.2. The van der Waals surface area contributed by atoms with Gasteiger partial charge in [0.2, 0.25) is 0 Å². The molecule has 0 atom stereocenters. The number of amides is 1. The number of hydrogen-bond acceptors (Lipinski definition) is 4. The molecule has 0 bridgehead atoms. The largest absolute Gasteiger partial charge is 0.364 e. The second-order valence-corrected chi connectivity index (χ2v) is 4.97. The van der Waals surface area contributed by atoms with Crippen LogP contribution in [0.3, 0.4) is 0 Å². The molecule has 0 spiro atoms. The Kier molecular flexibility index (Phi) is 2.57. The molecule has 1 heterocycles. The van der Waals surface area contributed by atoms with Crippen molar-refractivity contribution in [3.63, 3.8) is 0 Å². The van der Waals surface area contributed by atoms with Gasteiger partial charge < -0.3 is 5.73 Å². The van der Waals surface area contributed by atoms with Crippen molar-refractivity contribution in [2.75, 3.05) is 6.26 Å². The zero-order valence-corrected chi connectivity index (χ0v) is 8.63. The Morgan fingerprint density at radius 1 is 1.43 bits per heavy atom. The lowest BCUT2D eigenvalue weighted by Crippen LogP contribution is -2.15. The van der Waals surface area contributed by atoms with Crippen LogP contribution in [0.15, 0.2) is 17.2 Å². The normalized spacial score (nSPS) is 11.3. The molecule has 14 heavy (non-hydrogen) atoms. The Morgan fingerprint density at radius 2 is 2.00 bits per heavy atom. The van der Waals surface area contributed by atoms with Crippen molar-refractivity contribution in [2.45, 2.75) is 11.9 Å². The molecule has 2 N–H and O–H groups in total. The Morgan fingerprint density at radius 3 is 2.43 bits per heavy atom. The van der Waals surface area contributed by atoms with Gasteiger partial charge in [-0.2, -0.15) is 0 Å².